The zero-order valence-electron chi connectivity index (χ0n) is 11.3. The fourth-order valence-corrected chi connectivity index (χ4v) is 3.03. The normalized spacial score (nSPS) is 11.8. The molecule has 0 amide bonds. The van der Waals surface area contributed by atoms with Gasteiger partial charge in [0.15, 0.2) is 9.74 Å². The molecule has 2 N–H and O–H groups in total. The Labute approximate surface area is 117 Å². The van der Waals surface area contributed by atoms with E-state index in [-0.39, 0.29) is 5.78 Å². The summed E-state index contributed by atoms with van der Waals surface area (Å²) < 4.78 is 7.47. The van der Waals surface area contributed by atoms with Crippen molar-refractivity contribution < 1.29 is 9.53 Å². The number of nitrogens with two attached hydrogens (primary N) is 1. The molecule has 18 heavy (non-hydrogen) atoms. The molecule has 1 aromatic rings. The highest BCUT2D eigenvalue weighted by Gasteiger charge is 2.27. The van der Waals surface area contributed by atoms with Crippen LogP contribution in [0.4, 0.5) is 5.82 Å². The SMILES string of the molecule is COCCCn1c(N)c(C(=O)C(C)(C)C)sc1=S. The third kappa shape index (κ3) is 3.40. The number of anilines is 1. The average molecular weight is 288 g/mol. The molecule has 1 aromatic heterocycles. The van der Waals surface area contributed by atoms with Gasteiger partial charge in [-0.1, -0.05) is 32.1 Å². The predicted octanol–water partition coefficient (Wildman–Crippen LogP) is 3.13. The third-order valence-electron chi connectivity index (χ3n) is 2.55. The first-order valence-electron chi connectivity index (χ1n) is 5.82. The Morgan fingerprint density at radius 2 is 2.11 bits per heavy atom. The molecule has 0 unspecified atom stereocenters. The van der Waals surface area contributed by atoms with Crippen LogP contribution in [-0.4, -0.2) is 24.1 Å². The van der Waals surface area contributed by atoms with Crippen molar-refractivity contribution in [2.24, 2.45) is 5.41 Å². The van der Waals surface area contributed by atoms with Crippen LogP contribution in [-0.2, 0) is 11.3 Å². The van der Waals surface area contributed by atoms with E-state index in [1.807, 2.05) is 25.3 Å². The quantitative estimate of drug-likeness (QED) is 0.514. The summed E-state index contributed by atoms with van der Waals surface area (Å²) in [6.07, 6.45) is 0.828. The second-order valence-corrected chi connectivity index (χ2v) is 6.80. The Kier molecular flexibility index (Phi) is 5.07. The predicted molar refractivity (Wildman–Crippen MR) is 77.8 cm³/mol. The van der Waals surface area contributed by atoms with E-state index in [2.05, 4.69) is 0 Å². The van der Waals surface area contributed by atoms with Gasteiger partial charge in [-0.15, -0.1) is 0 Å². The third-order valence-corrected chi connectivity index (χ3v) is 4.01. The largest absolute Gasteiger partial charge is 0.385 e. The number of ketones is 1. The summed E-state index contributed by atoms with van der Waals surface area (Å²) in [6.45, 7) is 6.98. The van der Waals surface area contributed by atoms with Crippen LogP contribution < -0.4 is 5.73 Å². The molecule has 1 rings (SSSR count). The molecule has 0 radical (unpaired) electrons. The molecule has 0 bridgehead atoms. The Balaban J connectivity index is 3.01. The first-order chi connectivity index (χ1) is 8.29. The number of hydrogen-bond donors (Lipinski definition) is 1. The van der Waals surface area contributed by atoms with Crippen LogP contribution >= 0.6 is 23.6 Å². The minimum atomic E-state index is -0.439. The summed E-state index contributed by atoms with van der Waals surface area (Å²) in [7, 11) is 1.66. The fraction of sp³-hybridized carbons (Fsp3) is 0.667. The Bertz CT molecular complexity index is 483. The van der Waals surface area contributed by atoms with Gasteiger partial charge in [0.25, 0.3) is 0 Å². The van der Waals surface area contributed by atoms with Crippen LogP contribution in [0.5, 0.6) is 0 Å². The van der Waals surface area contributed by atoms with E-state index < -0.39 is 5.41 Å². The topological polar surface area (TPSA) is 57.2 Å². The number of rotatable bonds is 5. The van der Waals surface area contributed by atoms with E-state index in [0.29, 0.717) is 27.8 Å². The number of hydrogen-bond acceptors (Lipinski definition) is 5. The van der Waals surface area contributed by atoms with Crippen molar-refractivity contribution in [2.45, 2.75) is 33.7 Å². The maximum absolute atomic E-state index is 12.2. The van der Waals surface area contributed by atoms with Crippen LogP contribution in [0.25, 0.3) is 0 Å². The van der Waals surface area contributed by atoms with E-state index in [1.54, 1.807) is 7.11 Å². The second-order valence-electron chi connectivity index (χ2n) is 5.16. The number of nitrogen functional groups attached to an aromatic ring is 1. The minimum Gasteiger partial charge on any atom is -0.385 e. The molecule has 0 saturated carbocycles. The number of aromatic nitrogens is 1. The van der Waals surface area contributed by atoms with Gasteiger partial charge in [-0.2, -0.15) is 0 Å². The molecule has 6 heteroatoms. The number of carbonyl (C=O) groups excluding carboxylic acids is 1. The van der Waals surface area contributed by atoms with Crippen molar-refractivity contribution in [3.05, 3.63) is 8.83 Å². The van der Waals surface area contributed by atoms with Gasteiger partial charge in [-0.3, -0.25) is 4.79 Å². The molecular weight excluding hydrogens is 268 g/mol. The average Bonchev–Trinajstić information content (AvgIpc) is 2.54. The molecule has 0 aliphatic rings. The highest BCUT2D eigenvalue weighted by atomic mass is 32.1. The van der Waals surface area contributed by atoms with Crippen LogP contribution in [0, 0.1) is 9.37 Å². The van der Waals surface area contributed by atoms with Gasteiger partial charge < -0.3 is 15.0 Å². The lowest BCUT2D eigenvalue weighted by molar-refractivity contribution is 0.0863. The smallest absolute Gasteiger partial charge is 0.181 e. The van der Waals surface area contributed by atoms with Gasteiger partial charge in [0.05, 0.1) is 0 Å². The Hall–Kier alpha value is -0.720. The molecule has 0 saturated heterocycles. The summed E-state index contributed by atoms with van der Waals surface area (Å²) in [4.78, 5) is 12.8. The first kappa shape index (κ1) is 15.3. The summed E-state index contributed by atoms with van der Waals surface area (Å²) in [5, 5.41) is 0. The molecular formula is C12H20N2O2S2. The summed E-state index contributed by atoms with van der Waals surface area (Å²) >= 11 is 6.56. The fourth-order valence-electron chi connectivity index (χ4n) is 1.50. The van der Waals surface area contributed by atoms with Crippen molar-refractivity contribution in [1.29, 1.82) is 0 Å². The number of methoxy groups -OCH3 is 1. The van der Waals surface area contributed by atoms with Crippen LogP contribution in [0.15, 0.2) is 0 Å². The second kappa shape index (κ2) is 5.95. The highest BCUT2D eigenvalue weighted by molar-refractivity contribution is 7.73. The Morgan fingerprint density at radius 3 is 2.61 bits per heavy atom. The Morgan fingerprint density at radius 1 is 1.50 bits per heavy atom. The minimum absolute atomic E-state index is 0.0431. The molecule has 0 aromatic carbocycles. The number of thiazole rings is 1. The molecule has 0 fully saturated rings. The van der Waals surface area contributed by atoms with E-state index >= 15 is 0 Å². The lowest BCUT2D eigenvalue weighted by Crippen LogP contribution is -2.20. The van der Waals surface area contributed by atoms with Crippen molar-refractivity contribution in [2.75, 3.05) is 19.5 Å². The lowest BCUT2D eigenvalue weighted by atomic mass is 9.90. The van der Waals surface area contributed by atoms with Gasteiger partial charge in [-0.05, 0) is 18.6 Å². The summed E-state index contributed by atoms with van der Waals surface area (Å²) in [5.41, 5.74) is 5.59. The van der Waals surface area contributed by atoms with Crippen molar-refractivity contribution in [3.8, 4) is 0 Å². The van der Waals surface area contributed by atoms with E-state index in [9.17, 15) is 4.79 Å². The zero-order valence-corrected chi connectivity index (χ0v) is 12.9. The standard InChI is InChI=1S/C12H20N2O2S2/c1-12(2,3)9(15)8-10(13)14(11(17)18-8)6-5-7-16-4/h5-7,13H2,1-4H3. The van der Waals surface area contributed by atoms with Gasteiger partial charge in [0.2, 0.25) is 0 Å². The van der Waals surface area contributed by atoms with Crippen molar-refractivity contribution in [3.63, 3.8) is 0 Å². The summed E-state index contributed by atoms with van der Waals surface area (Å²) in [5.74, 6) is 0.530. The number of carbonyl (C=O) groups is 1. The van der Waals surface area contributed by atoms with Crippen molar-refractivity contribution >= 4 is 35.2 Å². The van der Waals surface area contributed by atoms with E-state index in [0.717, 1.165) is 6.42 Å². The molecule has 102 valence electrons. The van der Waals surface area contributed by atoms with Crippen LogP contribution in [0.3, 0.4) is 0 Å². The van der Waals surface area contributed by atoms with E-state index in [1.165, 1.54) is 11.3 Å². The molecule has 4 nitrogen and oxygen atoms in total. The molecule has 0 aliphatic carbocycles. The van der Waals surface area contributed by atoms with Gasteiger partial charge in [0, 0.05) is 25.7 Å². The van der Waals surface area contributed by atoms with Crippen LogP contribution in [0.1, 0.15) is 36.9 Å². The van der Waals surface area contributed by atoms with Crippen LogP contribution in [0.2, 0.25) is 0 Å². The van der Waals surface area contributed by atoms with Gasteiger partial charge in [0.1, 0.15) is 10.7 Å². The number of nitrogens with zero attached hydrogens (tertiary/aromatic N) is 1. The lowest BCUT2D eigenvalue weighted by Gasteiger charge is -2.15. The molecule has 0 spiro atoms. The summed E-state index contributed by atoms with van der Waals surface area (Å²) in [6, 6.07) is 0. The number of Topliss-reactive ketones (excluding diaryl/α,β-unsaturated/α-hetero) is 1. The van der Waals surface area contributed by atoms with Gasteiger partial charge in [-0.25, -0.2) is 0 Å². The van der Waals surface area contributed by atoms with Crippen molar-refractivity contribution in [1.82, 2.24) is 4.57 Å². The number of ether oxygens (including phenoxy) is 1. The molecule has 0 atom stereocenters. The monoisotopic (exact) mass is 288 g/mol. The molecule has 0 aliphatic heterocycles. The maximum Gasteiger partial charge on any atom is 0.181 e. The highest BCUT2D eigenvalue weighted by Crippen LogP contribution is 2.30. The van der Waals surface area contributed by atoms with E-state index in [4.69, 9.17) is 22.7 Å². The first-order valence-corrected chi connectivity index (χ1v) is 7.04. The zero-order chi connectivity index (χ0) is 13.9. The maximum atomic E-state index is 12.2. The molecule has 1 heterocycles. The van der Waals surface area contributed by atoms with Gasteiger partial charge >= 0.3 is 0 Å².